The summed E-state index contributed by atoms with van der Waals surface area (Å²) in [7, 11) is 0. The van der Waals surface area contributed by atoms with E-state index in [0.717, 1.165) is 26.1 Å². The van der Waals surface area contributed by atoms with Gasteiger partial charge in [0.15, 0.2) is 5.82 Å². The van der Waals surface area contributed by atoms with Crippen LogP contribution in [0.4, 0.5) is 0 Å². The minimum absolute atomic E-state index is 0.0530. The molecule has 0 N–H and O–H groups in total. The Balaban J connectivity index is 1.78. The Kier molecular flexibility index (Phi) is 5.20. The number of aryl methyl sites for hydroxylation is 1. The third-order valence-corrected chi connectivity index (χ3v) is 4.26. The number of aromatic nitrogens is 2. The fraction of sp³-hybridized carbons (Fsp3) is 0.444. The molecule has 2 unspecified atom stereocenters. The van der Waals surface area contributed by atoms with E-state index in [9.17, 15) is 0 Å². The highest BCUT2D eigenvalue weighted by Gasteiger charge is 2.30. The molecule has 0 saturated carbocycles. The second-order valence-corrected chi connectivity index (χ2v) is 5.89. The van der Waals surface area contributed by atoms with Gasteiger partial charge in [-0.2, -0.15) is 4.98 Å². The van der Waals surface area contributed by atoms with E-state index in [2.05, 4.69) is 45.9 Å². The van der Waals surface area contributed by atoms with Crippen LogP contribution in [0.2, 0.25) is 0 Å². The summed E-state index contributed by atoms with van der Waals surface area (Å²) >= 11 is 0. The Morgan fingerprint density at radius 2 is 2.22 bits per heavy atom. The van der Waals surface area contributed by atoms with Crippen molar-refractivity contribution in [1.82, 2.24) is 15.0 Å². The zero-order chi connectivity index (χ0) is 16.1. The van der Waals surface area contributed by atoms with Crippen molar-refractivity contribution in [3.05, 3.63) is 60.3 Å². The Morgan fingerprint density at radius 1 is 1.39 bits per heavy atom. The standard InChI is InChI=1S/C18H23N3O2/c1-3-7-16(15-8-5-4-6-9-15)12-21-10-11-22-13-17(21)18-19-14(2)23-20-18/h3-6,8-9,16-17H,1,7,10-13H2,2H3. The molecule has 0 amide bonds. The molecule has 2 heterocycles. The molecule has 1 aliphatic heterocycles. The predicted molar refractivity (Wildman–Crippen MR) is 88.2 cm³/mol. The van der Waals surface area contributed by atoms with Crippen LogP contribution in [0.1, 0.15) is 35.7 Å². The number of allylic oxidation sites excluding steroid dienone is 1. The van der Waals surface area contributed by atoms with Gasteiger partial charge in [0.05, 0.1) is 19.3 Å². The molecular formula is C18H23N3O2. The lowest BCUT2D eigenvalue weighted by molar-refractivity contribution is -0.0150. The van der Waals surface area contributed by atoms with Gasteiger partial charge >= 0.3 is 0 Å². The van der Waals surface area contributed by atoms with Crippen LogP contribution in [-0.2, 0) is 4.74 Å². The monoisotopic (exact) mass is 313 g/mol. The van der Waals surface area contributed by atoms with Crippen molar-refractivity contribution in [1.29, 1.82) is 0 Å². The fourth-order valence-electron chi connectivity index (χ4n) is 3.07. The van der Waals surface area contributed by atoms with Crippen LogP contribution in [0.5, 0.6) is 0 Å². The summed E-state index contributed by atoms with van der Waals surface area (Å²) in [5.41, 5.74) is 1.34. The Hall–Kier alpha value is -1.98. The van der Waals surface area contributed by atoms with Gasteiger partial charge in [0.1, 0.15) is 0 Å². The number of benzene rings is 1. The number of nitrogens with zero attached hydrogens (tertiary/aromatic N) is 3. The quantitative estimate of drug-likeness (QED) is 0.767. The molecule has 0 radical (unpaired) electrons. The number of hydrogen-bond donors (Lipinski definition) is 0. The summed E-state index contributed by atoms with van der Waals surface area (Å²) in [6.07, 6.45) is 2.94. The zero-order valence-electron chi connectivity index (χ0n) is 13.5. The number of rotatable bonds is 6. The van der Waals surface area contributed by atoms with Crippen molar-refractivity contribution in [2.75, 3.05) is 26.3 Å². The van der Waals surface area contributed by atoms with E-state index >= 15 is 0 Å². The predicted octanol–water partition coefficient (Wildman–Crippen LogP) is 3.11. The van der Waals surface area contributed by atoms with Crippen LogP contribution in [0, 0.1) is 6.92 Å². The van der Waals surface area contributed by atoms with E-state index in [1.54, 1.807) is 0 Å². The highest BCUT2D eigenvalue weighted by Crippen LogP contribution is 2.28. The molecule has 5 nitrogen and oxygen atoms in total. The zero-order valence-corrected chi connectivity index (χ0v) is 13.5. The van der Waals surface area contributed by atoms with E-state index in [0.29, 0.717) is 24.2 Å². The highest BCUT2D eigenvalue weighted by molar-refractivity contribution is 5.21. The molecule has 0 aliphatic carbocycles. The van der Waals surface area contributed by atoms with Crippen molar-refractivity contribution in [2.24, 2.45) is 0 Å². The first-order valence-electron chi connectivity index (χ1n) is 8.05. The van der Waals surface area contributed by atoms with Crippen molar-refractivity contribution in [2.45, 2.75) is 25.3 Å². The van der Waals surface area contributed by atoms with Crippen molar-refractivity contribution < 1.29 is 9.26 Å². The molecule has 0 bridgehead atoms. The summed E-state index contributed by atoms with van der Waals surface area (Å²) in [4.78, 5) is 6.79. The smallest absolute Gasteiger partial charge is 0.223 e. The summed E-state index contributed by atoms with van der Waals surface area (Å²) < 4.78 is 10.8. The molecular weight excluding hydrogens is 290 g/mol. The van der Waals surface area contributed by atoms with Crippen molar-refractivity contribution >= 4 is 0 Å². The molecule has 1 aromatic heterocycles. The fourth-order valence-corrected chi connectivity index (χ4v) is 3.07. The van der Waals surface area contributed by atoms with E-state index in [4.69, 9.17) is 9.26 Å². The van der Waals surface area contributed by atoms with Crippen LogP contribution >= 0.6 is 0 Å². The molecule has 5 heteroatoms. The van der Waals surface area contributed by atoms with E-state index < -0.39 is 0 Å². The molecule has 2 aromatic rings. The SMILES string of the molecule is C=CCC(CN1CCOCC1c1noc(C)n1)c1ccccc1. The molecule has 23 heavy (non-hydrogen) atoms. The van der Waals surface area contributed by atoms with Crippen LogP contribution in [-0.4, -0.2) is 41.3 Å². The normalized spacial score (nSPS) is 20.3. The molecule has 0 spiro atoms. The van der Waals surface area contributed by atoms with Crippen LogP contribution in [0.25, 0.3) is 0 Å². The van der Waals surface area contributed by atoms with Crippen molar-refractivity contribution in [3.63, 3.8) is 0 Å². The van der Waals surface area contributed by atoms with E-state index in [-0.39, 0.29) is 6.04 Å². The summed E-state index contributed by atoms with van der Waals surface area (Å²) in [6, 6.07) is 10.6. The summed E-state index contributed by atoms with van der Waals surface area (Å²) in [6.45, 7) is 8.88. The lowest BCUT2D eigenvalue weighted by Gasteiger charge is -2.36. The van der Waals surface area contributed by atoms with Gasteiger partial charge in [-0.05, 0) is 12.0 Å². The summed E-state index contributed by atoms with van der Waals surface area (Å²) in [5, 5.41) is 4.09. The highest BCUT2D eigenvalue weighted by atomic mass is 16.5. The Labute approximate surface area is 137 Å². The van der Waals surface area contributed by atoms with Gasteiger partial charge in [-0.3, -0.25) is 4.90 Å². The lowest BCUT2D eigenvalue weighted by Crippen LogP contribution is -2.42. The first-order valence-corrected chi connectivity index (χ1v) is 8.05. The maximum atomic E-state index is 5.64. The van der Waals surface area contributed by atoms with Gasteiger partial charge in [0, 0.05) is 25.9 Å². The molecule has 122 valence electrons. The van der Waals surface area contributed by atoms with Gasteiger partial charge in [-0.25, -0.2) is 0 Å². The largest absolute Gasteiger partial charge is 0.378 e. The number of hydrogen-bond acceptors (Lipinski definition) is 5. The average Bonchev–Trinajstić information content (AvgIpc) is 3.02. The topological polar surface area (TPSA) is 51.4 Å². The van der Waals surface area contributed by atoms with Gasteiger partial charge < -0.3 is 9.26 Å². The molecule has 3 rings (SSSR count). The average molecular weight is 313 g/mol. The van der Waals surface area contributed by atoms with E-state index in [1.807, 2.05) is 19.1 Å². The Bertz CT molecular complexity index is 626. The first-order chi connectivity index (χ1) is 11.3. The third-order valence-electron chi connectivity index (χ3n) is 4.26. The maximum absolute atomic E-state index is 5.64. The minimum Gasteiger partial charge on any atom is -0.378 e. The molecule has 2 atom stereocenters. The molecule has 1 saturated heterocycles. The Morgan fingerprint density at radius 3 is 2.91 bits per heavy atom. The molecule has 1 aromatic carbocycles. The van der Waals surface area contributed by atoms with Gasteiger partial charge in [0.25, 0.3) is 0 Å². The molecule has 1 aliphatic rings. The van der Waals surface area contributed by atoms with Crippen LogP contribution in [0.3, 0.4) is 0 Å². The number of morpholine rings is 1. The second-order valence-electron chi connectivity index (χ2n) is 5.89. The molecule has 1 fully saturated rings. The van der Waals surface area contributed by atoms with E-state index in [1.165, 1.54) is 5.56 Å². The van der Waals surface area contributed by atoms with Gasteiger partial charge in [-0.1, -0.05) is 41.6 Å². The maximum Gasteiger partial charge on any atom is 0.223 e. The third kappa shape index (κ3) is 3.86. The van der Waals surface area contributed by atoms with Gasteiger partial charge in [-0.15, -0.1) is 6.58 Å². The van der Waals surface area contributed by atoms with Crippen LogP contribution < -0.4 is 0 Å². The van der Waals surface area contributed by atoms with Crippen molar-refractivity contribution in [3.8, 4) is 0 Å². The first kappa shape index (κ1) is 15.9. The minimum atomic E-state index is 0.0530. The number of ether oxygens (including phenoxy) is 1. The van der Waals surface area contributed by atoms with Crippen LogP contribution in [0.15, 0.2) is 47.5 Å². The summed E-state index contributed by atoms with van der Waals surface area (Å²) in [5.74, 6) is 1.71. The lowest BCUT2D eigenvalue weighted by atomic mass is 9.94. The second kappa shape index (κ2) is 7.53. The van der Waals surface area contributed by atoms with Gasteiger partial charge in [0.2, 0.25) is 5.89 Å².